The van der Waals surface area contributed by atoms with Gasteiger partial charge in [0, 0.05) is 17.8 Å². The van der Waals surface area contributed by atoms with Crippen LogP contribution < -0.4 is 14.9 Å². The highest BCUT2D eigenvalue weighted by molar-refractivity contribution is 7.89. The van der Waals surface area contributed by atoms with Crippen LogP contribution in [-0.2, 0) is 23.0 Å². The quantitative estimate of drug-likeness (QED) is 0.839. The number of rotatable bonds is 5. The summed E-state index contributed by atoms with van der Waals surface area (Å²) in [7, 11) is -3.50. The number of fused-ring (bicyclic) bond motifs is 1. The lowest BCUT2D eigenvalue weighted by Gasteiger charge is -2.23. The number of carbonyl (C=O) groups is 1. The van der Waals surface area contributed by atoms with Gasteiger partial charge < -0.3 is 9.73 Å². The maximum atomic E-state index is 12.6. The summed E-state index contributed by atoms with van der Waals surface area (Å²) in [6, 6.07) is 8.32. The van der Waals surface area contributed by atoms with Crippen LogP contribution in [0.3, 0.4) is 0 Å². The van der Waals surface area contributed by atoms with Gasteiger partial charge in [-0.15, -0.1) is 0 Å². The van der Waals surface area contributed by atoms with Crippen molar-refractivity contribution in [3.63, 3.8) is 0 Å². The van der Waals surface area contributed by atoms with Gasteiger partial charge in [-0.2, -0.15) is 0 Å². The normalized spacial score (nSPS) is 19.4. The molecular formula is C18H21N3O4S. The van der Waals surface area contributed by atoms with Gasteiger partial charge in [0.15, 0.2) is 0 Å². The Kier molecular flexibility index (Phi) is 4.24. The van der Waals surface area contributed by atoms with Crippen LogP contribution in [0.5, 0.6) is 0 Å². The first-order valence-corrected chi connectivity index (χ1v) is 10.2. The minimum atomic E-state index is -3.50. The maximum Gasteiger partial charge on any atom is 0.322 e. The highest BCUT2D eigenvalue weighted by Gasteiger charge is 2.33. The molecule has 2 heterocycles. The van der Waals surface area contributed by atoms with Gasteiger partial charge in [0.1, 0.15) is 5.76 Å². The fraction of sp³-hybridized carbons (Fsp3) is 0.389. The van der Waals surface area contributed by atoms with E-state index in [-0.39, 0.29) is 23.0 Å². The van der Waals surface area contributed by atoms with Crippen molar-refractivity contribution in [3.05, 3.63) is 47.9 Å². The van der Waals surface area contributed by atoms with E-state index in [4.69, 9.17) is 4.42 Å². The van der Waals surface area contributed by atoms with Gasteiger partial charge in [0.25, 0.3) is 0 Å². The van der Waals surface area contributed by atoms with Crippen LogP contribution in [0, 0.1) is 0 Å². The smallest absolute Gasteiger partial charge is 0.322 e. The van der Waals surface area contributed by atoms with Crippen molar-refractivity contribution >= 4 is 21.7 Å². The molecule has 8 heteroatoms. The Balaban J connectivity index is 1.52. The molecule has 0 spiro atoms. The number of benzene rings is 1. The van der Waals surface area contributed by atoms with Crippen molar-refractivity contribution < 1.29 is 17.6 Å². The topological polar surface area (TPSA) is 91.7 Å². The Morgan fingerprint density at radius 1 is 1.31 bits per heavy atom. The zero-order chi connectivity index (χ0) is 18.3. The summed E-state index contributed by atoms with van der Waals surface area (Å²) in [6.07, 6.45) is 3.97. The summed E-state index contributed by atoms with van der Waals surface area (Å²) in [5, 5.41) is 2.84. The third-order valence-corrected chi connectivity index (χ3v) is 6.21. The fourth-order valence-corrected chi connectivity index (χ4v) is 4.59. The third-order valence-electron chi connectivity index (χ3n) is 4.69. The molecule has 26 heavy (non-hydrogen) atoms. The van der Waals surface area contributed by atoms with E-state index in [0.29, 0.717) is 18.7 Å². The Hall–Kier alpha value is -2.32. The molecule has 2 amide bonds. The summed E-state index contributed by atoms with van der Waals surface area (Å²) in [5.74, 6) is 0.679. The average molecular weight is 375 g/mol. The van der Waals surface area contributed by atoms with Gasteiger partial charge in [0.2, 0.25) is 10.0 Å². The van der Waals surface area contributed by atoms with Crippen molar-refractivity contribution in [2.75, 3.05) is 4.90 Å². The molecule has 1 unspecified atom stereocenters. The van der Waals surface area contributed by atoms with Crippen molar-refractivity contribution in [1.29, 1.82) is 0 Å². The van der Waals surface area contributed by atoms with Crippen molar-refractivity contribution in [1.82, 2.24) is 10.0 Å². The molecular weight excluding hydrogens is 354 g/mol. The summed E-state index contributed by atoms with van der Waals surface area (Å²) >= 11 is 0. The van der Waals surface area contributed by atoms with Crippen molar-refractivity contribution in [3.8, 4) is 0 Å². The number of nitrogens with one attached hydrogen (secondary N) is 2. The minimum Gasteiger partial charge on any atom is -0.467 e. The van der Waals surface area contributed by atoms with Crippen LogP contribution in [0.2, 0.25) is 0 Å². The van der Waals surface area contributed by atoms with E-state index >= 15 is 0 Å². The Labute approximate surface area is 152 Å². The maximum absolute atomic E-state index is 12.6. The number of amides is 2. The molecule has 1 fully saturated rings. The molecule has 4 rings (SSSR count). The SMILES string of the molecule is CC1Cc2cc(S(=O)(=O)NC3CC3)ccc2N1C(=O)NCc1ccco1. The van der Waals surface area contributed by atoms with Crippen LogP contribution >= 0.6 is 0 Å². The number of nitrogens with zero attached hydrogens (tertiary/aromatic N) is 1. The second-order valence-corrected chi connectivity index (χ2v) is 8.56. The number of hydrogen-bond acceptors (Lipinski definition) is 4. The van der Waals surface area contributed by atoms with Gasteiger partial charge >= 0.3 is 6.03 Å². The Morgan fingerprint density at radius 3 is 2.81 bits per heavy atom. The summed E-state index contributed by atoms with van der Waals surface area (Å²) in [4.78, 5) is 14.5. The van der Waals surface area contributed by atoms with Crippen LogP contribution in [0.25, 0.3) is 0 Å². The summed E-state index contributed by atoms with van der Waals surface area (Å²) in [6.45, 7) is 2.26. The molecule has 1 aliphatic carbocycles. The zero-order valence-electron chi connectivity index (χ0n) is 14.4. The largest absolute Gasteiger partial charge is 0.467 e. The lowest BCUT2D eigenvalue weighted by atomic mass is 10.1. The first-order chi connectivity index (χ1) is 12.4. The van der Waals surface area contributed by atoms with Crippen molar-refractivity contribution in [2.45, 2.75) is 49.7 Å². The molecule has 138 valence electrons. The summed E-state index contributed by atoms with van der Waals surface area (Å²) in [5.41, 5.74) is 1.61. The van der Waals surface area contributed by atoms with Crippen LogP contribution in [0.15, 0.2) is 45.9 Å². The minimum absolute atomic E-state index is 0.0454. The van der Waals surface area contributed by atoms with E-state index in [9.17, 15) is 13.2 Å². The first-order valence-electron chi connectivity index (χ1n) is 8.69. The molecule has 2 N–H and O–H groups in total. The van der Waals surface area contributed by atoms with Crippen LogP contribution in [0.1, 0.15) is 31.1 Å². The highest BCUT2D eigenvalue weighted by Crippen LogP contribution is 2.34. The van der Waals surface area contributed by atoms with Crippen molar-refractivity contribution in [2.24, 2.45) is 0 Å². The van der Waals surface area contributed by atoms with Gasteiger partial charge in [-0.1, -0.05) is 0 Å². The highest BCUT2D eigenvalue weighted by atomic mass is 32.2. The predicted molar refractivity (Wildman–Crippen MR) is 96.4 cm³/mol. The van der Waals surface area contributed by atoms with E-state index in [1.807, 2.05) is 6.92 Å². The molecule has 1 atom stereocenters. The number of urea groups is 1. The van der Waals surface area contributed by atoms with E-state index in [2.05, 4.69) is 10.0 Å². The van der Waals surface area contributed by atoms with E-state index in [1.54, 1.807) is 41.5 Å². The molecule has 2 aliphatic rings. The second kappa shape index (κ2) is 6.44. The predicted octanol–water partition coefficient (Wildman–Crippen LogP) is 2.38. The number of furan rings is 1. The number of anilines is 1. The van der Waals surface area contributed by atoms with Crippen LogP contribution in [-0.4, -0.2) is 26.5 Å². The summed E-state index contributed by atoms with van der Waals surface area (Å²) < 4.78 is 32.7. The Bertz CT molecular complexity index is 920. The van der Waals surface area contributed by atoms with E-state index < -0.39 is 10.0 Å². The molecule has 0 saturated heterocycles. The number of hydrogen-bond donors (Lipinski definition) is 2. The molecule has 7 nitrogen and oxygen atoms in total. The molecule has 1 saturated carbocycles. The third kappa shape index (κ3) is 3.34. The lowest BCUT2D eigenvalue weighted by Crippen LogP contribution is -2.42. The van der Waals surface area contributed by atoms with Gasteiger partial charge in [-0.3, -0.25) is 4.90 Å². The standard InChI is InChI=1S/C18H21N3O4S/c1-12-9-13-10-16(26(23,24)20-14-4-5-14)6-7-17(13)21(12)18(22)19-11-15-3-2-8-25-15/h2-3,6-8,10,12,14,20H,4-5,9,11H2,1H3,(H,19,22). The number of sulfonamides is 1. The number of carbonyl (C=O) groups excluding carboxylic acids is 1. The van der Waals surface area contributed by atoms with Gasteiger partial charge in [0.05, 0.1) is 17.7 Å². The molecule has 1 aromatic heterocycles. The van der Waals surface area contributed by atoms with E-state index in [1.165, 1.54) is 0 Å². The molecule has 1 aromatic carbocycles. The Morgan fingerprint density at radius 2 is 2.12 bits per heavy atom. The first kappa shape index (κ1) is 17.1. The second-order valence-electron chi connectivity index (χ2n) is 6.85. The molecule has 1 aliphatic heterocycles. The fourth-order valence-electron chi connectivity index (χ4n) is 3.23. The molecule has 0 bridgehead atoms. The lowest BCUT2D eigenvalue weighted by molar-refractivity contribution is 0.243. The average Bonchev–Trinajstić information content (AvgIpc) is 3.12. The molecule has 0 radical (unpaired) electrons. The van der Waals surface area contributed by atoms with Gasteiger partial charge in [-0.05, 0) is 62.1 Å². The van der Waals surface area contributed by atoms with Crippen LogP contribution in [0.4, 0.5) is 10.5 Å². The monoisotopic (exact) mass is 375 g/mol. The van der Waals surface area contributed by atoms with E-state index in [0.717, 1.165) is 24.1 Å². The molecule has 2 aromatic rings. The van der Waals surface area contributed by atoms with Gasteiger partial charge in [-0.25, -0.2) is 17.9 Å². The zero-order valence-corrected chi connectivity index (χ0v) is 15.3.